The molecular formula is C25H31FN2O4S. The highest BCUT2D eigenvalue weighted by Crippen LogP contribution is 2.45. The van der Waals surface area contributed by atoms with Crippen molar-refractivity contribution in [1.82, 2.24) is 9.62 Å². The normalized spacial score (nSPS) is 17.7. The molecule has 1 saturated heterocycles. The van der Waals surface area contributed by atoms with Gasteiger partial charge in [0.1, 0.15) is 11.6 Å². The van der Waals surface area contributed by atoms with Crippen molar-refractivity contribution in [2.75, 3.05) is 26.0 Å². The second-order valence-corrected chi connectivity index (χ2v) is 11.1. The monoisotopic (exact) mass is 474 g/mol. The Balaban J connectivity index is 1.36. The average molecular weight is 475 g/mol. The molecule has 1 aliphatic carbocycles. The number of piperidine rings is 1. The van der Waals surface area contributed by atoms with Gasteiger partial charge in [-0.1, -0.05) is 24.3 Å². The van der Waals surface area contributed by atoms with E-state index in [4.69, 9.17) is 4.74 Å². The Hall–Kier alpha value is -2.45. The molecule has 0 bridgehead atoms. The highest BCUT2D eigenvalue weighted by molar-refractivity contribution is 7.89. The van der Waals surface area contributed by atoms with Gasteiger partial charge in [-0.05, 0) is 80.3 Å². The summed E-state index contributed by atoms with van der Waals surface area (Å²) < 4.78 is 45.3. The Bertz CT molecular complexity index is 1120. The fourth-order valence-electron chi connectivity index (χ4n) is 4.35. The molecule has 0 aromatic heterocycles. The molecule has 2 fully saturated rings. The number of amides is 1. The number of aryl methyl sites for hydroxylation is 1. The summed E-state index contributed by atoms with van der Waals surface area (Å²) in [5.74, 6) is -0.649. The van der Waals surface area contributed by atoms with E-state index in [2.05, 4.69) is 36.1 Å². The van der Waals surface area contributed by atoms with Crippen molar-refractivity contribution in [3.8, 4) is 5.75 Å². The molecule has 0 unspecified atom stereocenters. The van der Waals surface area contributed by atoms with Crippen molar-refractivity contribution in [3.63, 3.8) is 0 Å². The smallest absolute Gasteiger partial charge is 0.267 e. The molecule has 0 radical (unpaired) electrons. The van der Waals surface area contributed by atoms with Gasteiger partial charge in [-0.2, -0.15) is 0 Å². The zero-order chi connectivity index (χ0) is 23.6. The van der Waals surface area contributed by atoms with Crippen LogP contribution in [0.2, 0.25) is 0 Å². The second-order valence-electron chi connectivity index (χ2n) is 9.30. The summed E-state index contributed by atoms with van der Waals surface area (Å²) in [6, 6.07) is 11.1. The van der Waals surface area contributed by atoms with Crippen LogP contribution in [0.3, 0.4) is 0 Å². The van der Waals surface area contributed by atoms with Crippen molar-refractivity contribution >= 4 is 15.9 Å². The summed E-state index contributed by atoms with van der Waals surface area (Å²) in [4.78, 5) is 14.7. The maximum Gasteiger partial charge on any atom is 0.267 e. The van der Waals surface area contributed by atoms with E-state index in [1.165, 1.54) is 23.3 Å². The van der Waals surface area contributed by atoms with E-state index in [9.17, 15) is 17.6 Å². The van der Waals surface area contributed by atoms with Crippen LogP contribution in [-0.2, 0) is 16.6 Å². The van der Waals surface area contributed by atoms with E-state index in [1.54, 1.807) is 0 Å². The Kier molecular flexibility index (Phi) is 7.05. The van der Waals surface area contributed by atoms with Gasteiger partial charge in [-0.25, -0.2) is 17.5 Å². The third-order valence-corrected chi connectivity index (χ3v) is 7.03. The predicted octanol–water partition coefficient (Wildman–Crippen LogP) is 3.99. The second kappa shape index (κ2) is 9.81. The fourth-order valence-corrected chi connectivity index (χ4v) is 4.80. The van der Waals surface area contributed by atoms with Gasteiger partial charge in [0, 0.05) is 12.6 Å². The summed E-state index contributed by atoms with van der Waals surface area (Å²) in [5.41, 5.74) is 3.19. The lowest BCUT2D eigenvalue weighted by Crippen LogP contribution is -2.35. The SMILES string of the molecule is Cc1ccccc1CN1CCC(COc2cc(F)c(C(=O)NS(C)(=O)=O)cc2C2CC2)CC1. The molecule has 6 nitrogen and oxygen atoms in total. The van der Waals surface area contributed by atoms with Crippen LogP contribution in [0.15, 0.2) is 36.4 Å². The number of likely N-dealkylation sites (tertiary alicyclic amines) is 1. The third kappa shape index (κ3) is 6.32. The number of hydrogen-bond donors (Lipinski definition) is 1. The number of carbonyl (C=O) groups is 1. The van der Waals surface area contributed by atoms with E-state index in [0.717, 1.165) is 57.1 Å². The number of halogens is 1. The van der Waals surface area contributed by atoms with E-state index < -0.39 is 21.7 Å². The van der Waals surface area contributed by atoms with Crippen LogP contribution in [-0.4, -0.2) is 45.2 Å². The number of nitrogens with zero attached hydrogens (tertiary/aromatic N) is 1. The number of sulfonamides is 1. The summed E-state index contributed by atoms with van der Waals surface area (Å²) in [6.45, 7) is 5.59. The molecule has 178 valence electrons. The van der Waals surface area contributed by atoms with Crippen LogP contribution in [0.1, 0.15) is 58.6 Å². The zero-order valence-corrected chi connectivity index (χ0v) is 20.0. The lowest BCUT2D eigenvalue weighted by atomic mass is 9.97. The molecule has 1 amide bonds. The molecule has 33 heavy (non-hydrogen) atoms. The zero-order valence-electron chi connectivity index (χ0n) is 19.1. The Morgan fingerprint density at radius 2 is 1.85 bits per heavy atom. The average Bonchev–Trinajstić information content (AvgIpc) is 3.59. The van der Waals surface area contributed by atoms with Gasteiger partial charge in [0.05, 0.1) is 18.4 Å². The molecule has 2 aromatic rings. The number of carbonyl (C=O) groups excluding carboxylic acids is 1. The summed E-state index contributed by atoms with van der Waals surface area (Å²) >= 11 is 0. The Morgan fingerprint density at radius 1 is 1.15 bits per heavy atom. The van der Waals surface area contributed by atoms with Crippen LogP contribution < -0.4 is 9.46 Å². The van der Waals surface area contributed by atoms with Gasteiger partial charge in [0.25, 0.3) is 5.91 Å². The van der Waals surface area contributed by atoms with Crippen LogP contribution >= 0.6 is 0 Å². The van der Waals surface area contributed by atoms with Crippen LogP contribution in [0.4, 0.5) is 4.39 Å². The molecule has 1 aliphatic heterocycles. The van der Waals surface area contributed by atoms with E-state index >= 15 is 0 Å². The van der Waals surface area contributed by atoms with Crippen LogP contribution in [0.5, 0.6) is 5.75 Å². The molecule has 2 aromatic carbocycles. The molecule has 1 heterocycles. The minimum absolute atomic E-state index is 0.223. The summed E-state index contributed by atoms with van der Waals surface area (Å²) in [6.07, 6.45) is 4.80. The number of rotatable bonds is 8. The predicted molar refractivity (Wildman–Crippen MR) is 125 cm³/mol. The van der Waals surface area contributed by atoms with Gasteiger partial charge in [0.2, 0.25) is 10.0 Å². The number of benzene rings is 2. The fraction of sp³-hybridized carbons (Fsp3) is 0.480. The van der Waals surface area contributed by atoms with Gasteiger partial charge in [-0.15, -0.1) is 0 Å². The van der Waals surface area contributed by atoms with Crippen molar-refractivity contribution < 1.29 is 22.3 Å². The lowest BCUT2D eigenvalue weighted by Gasteiger charge is -2.32. The third-order valence-electron chi connectivity index (χ3n) is 6.48. The van der Waals surface area contributed by atoms with Gasteiger partial charge in [0.15, 0.2) is 0 Å². The molecule has 2 aliphatic rings. The molecule has 1 N–H and O–H groups in total. The molecule has 0 spiro atoms. The largest absolute Gasteiger partial charge is 0.493 e. The standard InChI is InChI=1S/C25H31FN2O4S/c1-17-5-3-4-6-20(17)15-28-11-9-18(10-12-28)16-32-24-14-23(26)22(13-21(24)19-7-8-19)25(29)27-33(2,30)31/h3-6,13-14,18-19H,7-12,15-16H2,1-2H3,(H,27,29). The molecule has 8 heteroatoms. The first-order valence-corrected chi connectivity index (χ1v) is 13.3. The van der Waals surface area contributed by atoms with Crippen molar-refractivity contribution in [2.24, 2.45) is 5.92 Å². The number of hydrogen-bond acceptors (Lipinski definition) is 5. The minimum atomic E-state index is -3.77. The minimum Gasteiger partial charge on any atom is -0.493 e. The first kappa shape index (κ1) is 23.7. The lowest BCUT2D eigenvalue weighted by molar-refractivity contribution is 0.0977. The van der Waals surface area contributed by atoms with Crippen molar-refractivity contribution in [1.29, 1.82) is 0 Å². The topological polar surface area (TPSA) is 75.7 Å². The quantitative estimate of drug-likeness (QED) is 0.626. The van der Waals surface area contributed by atoms with Gasteiger partial charge < -0.3 is 4.74 Å². The van der Waals surface area contributed by atoms with E-state index in [-0.39, 0.29) is 11.5 Å². The van der Waals surface area contributed by atoms with Crippen molar-refractivity contribution in [3.05, 3.63) is 64.5 Å². The first-order chi connectivity index (χ1) is 15.7. The van der Waals surface area contributed by atoms with Crippen LogP contribution in [0.25, 0.3) is 0 Å². The van der Waals surface area contributed by atoms with Gasteiger partial charge in [-0.3, -0.25) is 9.69 Å². The van der Waals surface area contributed by atoms with Crippen LogP contribution in [0, 0.1) is 18.7 Å². The Morgan fingerprint density at radius 3 is 2.48 bits per heavy atom. The highest BCUT2D eigenvalue weighted by Gasteiger charge is 2.30. The van der Waals surface area contributed by atoms with E-state index in [0.29, 0.717) is 18.3 Å². The Labute approximate surface area is 195 Å². The summed E-state index contributed by atoms with van der Waals surface area (Å²) in [5, 5.41) is 0. The number of nitrogens with one attached hydrogen (secondary N) is 1. The molecule has 4 rings (SSSR count). The summed E-state index contributed by atoms with van der Waals surface area (Å²) in [7, 11) is -3.77. The first-order valence-electron chi connectivity index (χ1n) is 11.4. The number of ether oxygens (including phenoxy) is 1. The van der Waals surface area contributed by atoms with Crippen molar-refractivity contribution in [2.45, 2.75) is 45.1 Å². The maximum atomic E-state index is 14.7. The van der Waals surface area contributed by atoms with Gasteiger partial charge >= 0.3 is 0 Å². The van der Waals surface area contributed by atoms with E-state index in [1.807, 2.05) is 4.72 Å². The molecular weight excluding hydrogens is 443 g/mol. The molecule has 1 saturated carbocycles. The highest BCUT2D eigenvalue weighted by atomic mass is 32.2. The molecule has 0 atom stereocenters. The maximum absolute atomic E-state index is 14.7.